The number of carbonyl (C=O) groups excluding carboxylic acids is 1. The molecule has 0 bridgehead atoms. The fourth-order valence-electron chi connectivity index (χ4n) is 0.797. The van der Waals surface area contributed by atoms with Gasteiger partial charge >= 0.3 is 0 Å². The summed E-state index contributed by atoms with van der Waals surface area (Å²) in [6.45, 7) is 1.40. The molecule has 1 aromatic carbocycles. The highest BCUT2D eigenvalue weighted by Crippen LogP contribution is 2.15. The van der Waals surface area contributed by atoms with E-state index in [4.69, 9.17) is 11.6 Å². The first-order valence-electron chi connectivity index (χ1n) is 3.18. The molecule has 0 spiro atoms. The van der Waals surface area contributed by atoms with Crippen molar-refractivity contribution >= 4 is 16.8 Å². The van der Waals surface area contributed by atoms with Crippen molar-refractivity contribution in [2.45, 2.75) is 6.92 Å². The van der Waals surface area contributed by atoms with Crippen molar-refractivity contribution in [3.8, 4) is 0 Å². The van der Waals surface area contributed by atoms with Gasteiger partial charge in [-0.1, -0.05) is 0 Å². The van der Waals surface area contributed by atoms with Crippen LogP contribution in [0.2, 0.25) is 0 Å². The van der Waals surface area contributed by atoms with E-state index in [0.717, 1.165) is 12.1 Å². The third-order valence-corrected chi connectivity index (χ3v) is 1.66. The Morgan fingerprint density at radius 2 is 1.92 bits per heavy atom. The highest BCUT2D eigenvalue weighted by molar-refractivity contribution is 6.67. The first kappa shape index (κ1) is 9.13. The summed E-state index contributed by atoms with van der Waals surface area (Å²) >= 11 is 4.99. The molecule has 0 saturated carbocycles. The Morgan fingerprint density at radius 1 is 1.33 bits per heavy atom. The first-order chi connectivity index (χ1) is 5.52. The lowest BCUT2D eigenvalue weighted by Crippen LogP contribution is -1.97. The summed E-state index contributed by atoms with van der Waals surface area (Å²) in [5.74, 6) is -1.44. The second kappa shape index (κ2) is 3.19. The molecule has 0 aliphatic heterocycles. The van der Waals surface area contributed by atoms with Gasteiger partial charge in [0.15, 0.2) is 0 Å². The van der Waals surface area contributed by atoms with E-state index in [0.29, 0.717) is 0 Å². The van der Waals surface area contributed by atoms with Crippen molar-refractivity contribution < 1.29 is 13.6 Å². The van der Waals surface area contributed by atoms with Gasteiger partial charge in [-0.3, -0.25) is 4.79 Å². The lowest BCUT2D eigenvalue weighted by atomic mass is 10.1. The predicted molar refractivity (Wildman–Crippen MR) is 41.3 cm³/mol. The summed E-state index contributed by atoms with van der Waals surface area (Å²) in [5, 5.41) is -0.994. The minimum absolute atomic E-state index is 0.147. The molecule has 64 valence electrons. The highest BCUT2D eigenvalue weighted by Gasteiger charge is 2.11. The molecule has 0 saturated heterocycles. The van der Waals surface area contributed by atoms with Crippen LogP contribution in [0.4, 0.5) is 8.78 Å². The zero-order chi connectivity index (χ0) is 9.30. The quantitative estimate of drug-likeness (QED) is 0.623. The van der Waals surface area contributed by atoms with Gasteiger partial charge in [-0.25, -0.2) is 8.78 Å². The second-order valence-electron chi connectivity index (χ2n) is 2.35. The van der Waals surface area contributed by atoms with Gasteiger partial charge < -0.3 is 0 Å². The van der Waals surface area contributed by atoms with E-state index < -0.39 is 22.4 Å². The summed E-state index contributed by atoms with van der Waals surface area (Å²) in [4.78, 5) is 10.5. The maximum Gasteiger partial charge on any atom is 0.255 e. The average Bonchev–Trinajstić information content (AvgIpc) is 1.96. The summed E-state index contributed by atoms with van der Waals surface area (Å²) in [6, 6.07) is 1.73. The number of carbonyl (C=O) groups is 1. The molecule has 0 aliphatic rings. The van der Waals surface area contributed by atoms with Crippen LogP contribution in [0.3, 0.4) is 0 Å². The van der Waals surface area contributed by atoms with Gasteiger partial charge in [-0.05, 0) is 36.2 Å². The van der Waals surface area contributed by atoms with E-state index in [-0.39, 0.29) is 5.56 Å². The molecule has 0 aliphatic carbocycles. The van der Waals surface area contributed by atoms with Crippen molar-refractivity contribution in [1.29, 1.82) is 0 Å². The molecule has 1 aromatic rings. The van der Waals surface area contributed by atoms with E-state index in [9.17, 15) is 13.6 Å². The normalized spacial score (nSPS) is 10.0. The topological polar surface area (TPSA) is 17.1 Å². The number of aryl methyl sites for hydroxylation is 1. The minimum Gasteiger partial charge on any atom is -0.275 e. The fourth-order valence-corrected chi connectivity index (χ4v) is 0.942. The predicted octanol–water partition coefficient (Wildman–Crippen LogP) is 2.65. The zero-order valence-corrected chi connectivity index (χ0v) is 6.95. The first-order valence-corrected chi connectivity index (χ1v) is 3.55. The Bertz CT molecular complexity index is 336. The van der Waals surface area contributed by atoms with Crippen LogP contribution in [0, 0.1) is 18.6 Å². The summed E-state index contributed by atoms with van der Waals surface area (Å²) in [7, 11) is 0. The van der Waals surface area contributed by atoms with Crippen LogP contribution in [0.1, 0.15) is 15.9 Å². The van der Waals surface area contributed by atoms with Gasteiger partial charge in [-0.2, -0.15) is 0 Å². The van der Waals surface area contributed by atoms with Crippen molar-refractivity contribution in [2.24, 2.45) is 0 Å². The van der Waals surface area contributed by atoms with Gasteiger partial charge in [0.1, 0.15) is 11.6 Å². The van der Waals surface area contributed by atoms with Crippen LogP contribution in [0.5, 0.6) is 0 Å². The van der Waals surface area contributed by atoms with E-state index in [2.05, 4.69) is 0 Å². The smallest absolute Gasteiger partial charge is 0.255 e. The van der Waals surface area contributed by atoms with Gasteiger partial charge in [0, 0.05) is 0 Å². The molecule has 0 fully saturated rings. The maximum atomic E-state index is 12.8. The molecular weight excluding hydrogens is 186 g/mol. The Kier molecular flexibility index (Phi) is 2.43. The van der Waals surface area contributed by atoms with E-state index >= 15 is 0 Å². The molecule has 0 unspecified atom stereocenters. The Hall–Kier alpha value is -0.960. The number of halogens is 3. The number of benzene rings is 1. The molecule has 0 amide bonds. The molecule has 0 aromatic heterocycles. The lowest BCUT2D eigenvalue weighted by molar-refractivity contribution is 0.107. The largest absolute Gasteiger partial charge is 0.275 e. The van der Waals surface area contributed by atoms with Crippen molar-refractivity contribution in [2.75, 3.05) is 0 Å². The van der Waals surface area contributed by atoms with Crippen LogP contribution in [0.25, 0.3) is 0 Å². The highest BCUT2D eigenvalue weighted by atomic mass is 35.5. The second-order valence-corrected chi connectivity index (χ2v) is 2.70. The fraction of sp³-hybridized carbons (Fsp3) is 0.125. The number of hydrogen-bond donors (Lipinski definition) is 0. The summed E-state index contributed by atoms with van der Waals surface area (Å²) < 4.78 is 25.6. The molecule has 1 rings (SSSR count). The molecule has 0 atom stereocenters. The molecule has 4 heteroatoms. The van der Waals surface area contributed by atoms with E-state index in [1.807, 2.05) is 0 Å². The van der Waals surface area contributed by atoms with Crippen LogP contribution in [0.15, 0.2) is 12.1 Å². The van der Waals surface area contributed by atoms with Crippen LogP contribution >= 0.6 is 11.6 Å². The van der Waals surface area contributed by atoms with Gasteiger partial charge in [0.05, 0.1) is 5.56 Å². The Labute approximate surface area is 73.0 Å². The molecule has 0 heterocycles. The van der Waals surface area contributed by atoms with E-state index in [1.165, 1.54) is 6.92 Å². The molecule has 1 nitrogen and oxygen atoms in total. The Balaban J connectivity index is 3.33. The van der Waals surface area contributed by atoms with Crippen molar-refractivity contribution in [3.63, 3.8) is 0 Å². The van der Waals surface area contributed by atoms with Gasteiger partial charge in [-0.15, -0.1) is 0 Å². The third-order valence-electron chi connectivity index (χ3n) is 1.46. The average molecular weight is 191 g/mol. The summed E-state index contributed by atoms with van der Waals surface area (Å²) in [5.41, 5.74) is -0.283. The SMILES string of the molecule is Cc1cc(F)c(C(=O)Cl)cc1F. The Morgan fingerprint density at radius 3 is 2.42 bits per heavy atom. The van der Waals surface area contributed by atoms with E-state index in [1.54, 1.807) is 0 Å². The van der Waals surface area contributed by atoms with Gasteiger partial charge in [0.25, 0.3) is 5.24 Å². The molecule has 12 heavy (non-hydrogen) atoms. The van der Waals surface area contributed by atoms with Crippen LogP contribution in [-0.2, 0) is 0 Å². The van der Waals surface area contributed by atoms with Crippen LogP contribution < -0.4 is 0 Å². The van der Waals surface area contributed by atoms with Gasteiger partial charge in [0.2, 0.25) is 0 Å². The van der Waals surface area contributed by atoms with Crippen molar-refractivity contribution in [3.05, 3.63) is 34.9 Å². The molecular formula is C8H5ClF2O. The number of rotatable bonds is 1. The lowest BCUT2D eigenvalue weighted by Gasteiger charge is -1.99. The summed E-state index contributed by atoms with van der Waals surface area (Å²) in [6.07, 6.45) is 0. The minimum atomic E-state index is -0.994. The third kappa shape index (κ3) is 1.61. The van der Waals surface area contributed by atoms with Crippen molar-refractivity contribution in [1.82, 2.24) is 0 Å². The monoisotopic (exact) mass is 190 g/mol. The number of hydrogen-bond acceptors (Lipinski definition) is 1. The standard InChI is InChI=1S/C8H5ClF2O/c1-4-2-7(11)5(8(9)12)3-6(4)10/h2-3H,1H3. The molecule has 0 N–H and O–H groups in total. The van der Waals surface area contributed by atoms with Crippen LogP contribution in [-0.4, -0.2) is 5.24 Å². The molecule has 0 radical (unpaired) electrons. The maximum absolute atomic E-state index is 12.8. The zero-order valence-electron chi connectivity index (χ0n) is 6.20.